The van der Waals surface area contributed by atoms with Crippen LogP contribution in [0.3, 0.4) is 0 Å². The lowest BCUT2D eigenvalue weighted by atomic mass is 10.0. The molecular weight excluding hydrogens is 440 g/mol. The Bertz CT molecular complexity index is 1200. The number of aromatic nitrogens is 2. The van der Waals surface area contributed by atoms with Crippen molar-refractivity contribution in [2.75, 3.05) is 13.2 Å². The largest absolute Gasteiger partial charge is 0.391 e. The normalized spacial score (nSPS) is 24.4. The molecule has 9 heteroatoms. The number of aryl methyl sites for hydroxylation is 1. The second kappa shape index (κ2) is 10.5. The lowest BCUT2D eigenvalue weighted by Crippen LogP contribution is -2.54. The molecule has 0 bridgehead atoms. The van der Waals surface area contributed by atoms with E-state index in [0.29, 0.717) is 6.61 Å². The molecular formula is C25H28N2O7. The summed E-state index contributed by atoms with van der Waals surface area (Å²) in [4.78, 5) is 26.7. The van der Waals surface area contributed by atoms with Gasteiger partial charge in [-0.25, -0.2) is 4.79 Å². The summed E-state index contributed by atoms with van der Waals surface area (Å²) in [6.45, 7) is 1.34. The molecule has 0 spiro atoms. The standard InChI is InChI=1S/C25H28N2O7/c1-17-12-27(24(31)26-23(17)30)25(16-28)22(29)21(33-14-19-10-6-3-7-11-19)20(34-25)15-32-13-18-8-4-2-5-9-18/h2-12,20-22,28-29H,13-16H2,1H3,(H,26,30,31)/t20-,21-,22+,25-/m1/s1. The van der Waals surface area contributed by atoms with E-state index in [0.717, 1.165) is 15.7 Å². The Morgan fingerprint density at radius 2 is 1.65 bits per heavy atom. The third kappa shape index (κ3) is 4.89. The lowest BCUT2D eigenvalue weighted by molar-refractivity contribution is -0.177. The number of nitrogens with one attached hydrogen (secondary N) is 1. The fourth-order valence-corrected chi connectivity index (χ4v) is 4.07. The van der Waals surface area contributed by atoms with E-state index in [9.17, 15) is 19.8 Å². The van der Waals surface area contributed by atoms with E-state index in [1.165, 1.54) is 13.1 Å². The molecule has 1 fully saturated rings. The molecule has 180 valence electrons. The third-order valence-corrected chi connectivity index (χ3v) is 5.93. The number of aliphatic hydroxyl groups excluding tert-OH is 2. The van der Waals surface area contributed by atoms with Crippen molar-refractivity contribution in [3.63, 3.8) is 0 Å². The number of ether oxygens (including phenoxy) is 3. The Balaban J connectivity index is 1.61. The summed E-state index contributed by atoms with van der Waals surface area (Å²) in [5.74, 6) is 0. The molecule has 0 radical (unpaired) electrons. The summed E-state index contributed by atoms with van der Waals surface area (Å²) < 4.78 is 19.0. The third-order valence-electron chi connectivity index (χ3n) is 5.93. The quantitative estimate of drug-likeness (QED) is 0.429. The van der Waals surface area contributed by atoms with Crippen molar-refractivity contribution in [2.45, 2.75) is 44.2 Å². The van der Waals surface area contributed by atoms with Crippen LogP contribution in [0.15, 0.2) is 76.4 Å². The maximum atomic E-state index is 12.6. The smallest absolute Gasteiger partial charge is 0.330 e. The van der Waals surface area contributed by atoms with Crippen molar-refractivity contribution in [3.8, 4) is 0 Å². The molecule has 1 aliphatic rings. The number of benzene rings is 2. The molecule has 0 saturated carbocycles. The van der Waals surface area contributed by atoms with Crippen molar-refractivity contribution >= 4 is 0 Å². The van der Waals surface area contributed by atoms with Crippen LogP contribution in [0.5, 0.6) is 0 Å². The van der Waals surface area contributed by atoms with Gasteiger partial charge >= 0.3 is 5.69 Å². The van der Waals surface area contributed by atoms with Gasteiger partial charge in [0.05, 0.1) is 26.4 Å². The average Bonchev–Trinajstić information content (AvgIpc) is 3.12. The van der Waals surface area contributed by atoms with Gasteiger partial charge in [0, 0.05) is 11.8 Å². The molecule has 0 amide bonds. The highest BCUT2D eigenvalue weighted by atomic mass is 16.6. The first-order valence-electron chi connectivity index (χ1n) is 11.0. The lowest BCUT2D eigenvalue weighted by Gasteiger charge is -2.32. The van der Waals surface area contributed by atoms with E-state index in [1.807, 2.05) is 60.7 Å². The van der Waals surface area contributed by atoms with Gasteiger partial charge in [-0.15, -0.1) is 0 Å². The summed E-state index contributed by atoms with van der Waals surface area (Å²) in [6, 6.07) is 19.0. The van der Waals surface area contributed by atoms with Gasteiger partial charge < -0.3 is 24.4 Å². The van der Waals surface area contributed by atoms with E-state index in [2.05, 4.69) is 4.98 Å². The fraction of sp³-hybridized carbons (Fsp3) is 0.360. The molecule has 4 atom stereocenters. The number of aliphatic hydroxyl groups is 2. The molecule has 34 heavy (non-hydrogen) atoms. The molecule has 3 N–H and O–H groups in total. The number of H-pyrrole nitrogens is 1. The zero-order chi connectivity index (χ0) is 24.1. The zero-order valence-corrected chi connectivity index (χ0v) is 18.8. The van der Waals surface area contributed by atoms with Crippen LogP contribution in [0.25, 0.3) is 0 Å². The van der Waals surface area contributed by atoms with Crippen LogP contribution in [0.2, 0.25) is 0 Å². The number of nitrogens with zero attached hydrogens (tertiary/aromatic N) is 1. The zero-order valence-electron chi connectivity index (χ0n) is 18.8. The molecule has 1 saturated heterocycles. The minimum Gasteiger partial charge on any atom is -0.391 e. The fourth-order valence-electron chi connectivity index (χ4n) is 4.07. The van der Waals surface area contributed by atoms with Gasteiger partial charge in [-0.1, -0.05) is 60.7 Å². The van der Waals surface area contributed by atoms with Crippen LogP contribution in [-0.2, 0) is 33.1 Å². The van der Waals surface area contributed by atoms with E-state index >= 15 is 0 Å². The van der Waals surface area contributed by atoms with Crippen molar-refractivity contribution in [1.29, 1.82) is 0 Å². The predicted octanol–water partition coefficient (Wildman–Crippen LogP) is 1.05. The highest BCUT2D eigenvalue weighted by Gasteiger charge is 2.57. The topological polar surface area (TPSA) is 123 Å². The van der Waals surface area contributed by atoms with Crippen LogP contribution >= 0.6 is 0 Å². The van der Waals surface area contributed by atoms with Gasteiger partial charge in [-0.3, -0.25) is 14.3 Å². The molecule has 4 rings (SSSR count). The monoisotopic (exact) mass is 468 g/mol. The Labute approximate surface area is 196 Å². The van der Waals surface area contributed by atoms with Crippen LogP contribution in [0, 0.1) is 6.92 Å². The highest BCUT2D eigenvalue weighted by Crippen LogP contribution is 2.37. The minimum atomic E-state index is -1.85. The first kappa shape index (κ1) is 24.1. The van der Waals surface area contributed by atoms with E-state index in [4.69, 9.17) is 14.2 Å². The van der Waals surface area contributed by atoms with E-state index in [1.54, 1.807) is 0 Å². The molecule has 2 heterocycles. The maximum absolute atomic E-state index is 12.6. The summed E-state index contributed by atoms with van der Waals surface area (Å²) >= 11 is 0. The van der Waals surface area contributed by atoms with Crippen LogP contribution in [0.4, 0.5) is 0 Å². The number of hydrogen-bond acceptors (Lipinski definition) is 7. The summed E-state index contributed by atoms with van der Waals surface area (Å²) in [6.07, 6.45) is -1.87. The number of hydrogen-bond donors (Lipinski definition) is 3. The molecule has 0 aliphatic carbocycles. The van der Waals surface area contributed by atoms with Gasteiger partial charge in [0.2, 0.25) is 5.72 Å². The first-order chi connectivity index (χ1) is 16.4. The molecule has 3 aromatic rings. The van der Waals surface area contributed by atoms with Crippen LogP contribution in [-0.4, -0.2) is 51.3 Å². The van der Waals surface area contributed by atoms with Gasteiger partial charge in [0.25, 0.3) is 5.56 Å². The molecule has 2 aromatic carbocycles. The summed E-state index contributed by atoms with van der Waals surface area (Å²) in [5.41, 5.74) is -1.14. The van der Waals surface area contributed by atoms with Gasteiger partial charge in [-0.2, -0.15) is 0 Å². The van der Waals surface area contributed by atoms with Crippen molar-refractivity contribution in [2.24, 2.45) is 0 Å². The second-order valence-electron chi connectivity index (χ2n) is 8.31. The summed E-state index contributed by atoms with van der Waals surface area (Å²) in [5, 5.41) is 21.6. The van der Waals surface area contributed by atoms with E-state index in [-0.39, 0.29) is 18.8 Å². The average molecular weight is 469 g/mol. The number of aromatic amines is 1. The Kier molecular flexibility index (Phi) is 7.40. The molecule has 9 nitrogen and oxygen atoms in total. The van der Waals surface area contributed by atoms with Crippen LogP contribution in [0.1, 0.15) is 16.7 Å². The second-order valence-corrected chi connectivity index (χ2v) is 8.31. The van der Waals surface area contributed by atoms with Crippen molar-refractivity contribution < 1.29 is 24.4 Å². The SMILES string of the molecule is Cc1cn([C@]2(CO)O[C@H](COCc3ccccc3)[C@@H](OCc3ccccc3)[C@@H]2O)c(=O)[nH]c1=O. The number of rotatable bonds is 9. The van der Waals surface area contributed by atoms with Gasteiger partial charge in [0.1, 0.15) is 18.3 Å². The minimum absolute atomic E-state index is 0.0459. The van der Waals surface area contributed by atoms with Crippen molar-refractivity contribution in [1.82, 2.24) is 9.55 Å². The maximum Gasteiger partial charge on any atom is 0.330 e. The first-order valence-corrected chi connectivity index (χ1v) is 11.0. The molecule has 0 unspecified atom stereocenters. The predicted molar refractivity (Wildman–Crippen MR) is 123 cm³/mol. The van der Waals surface area contributed by atoms with Gasteiger partial charge in [-0.05, 0) is 18.1 Å². The summed E-state index contributed by atoms with van der Waals surface area (Å²) in [7, 11) is 0. The Morgan fingerprint density at radius 1 is 1.03 bits per heavy atom. The van der Waals surface area contributed by atoms with Crippen LogP contribution < -0.4 is 11.2 Å². The molecule has 1 aliphatic heterocycles. The Hall–Kier alpha value is -3.08. The van der Waals surface area contributed by atoms with E-state index < -0.39 is 41.9 Å². The Morgan fingerprint density at radius 3 is 2.26 bits per heavy atom. The highest BCUT2D eigenvalue weighted by molar-refractivity contribution is 5.15. The van der Waals surface area contributed by atoms with Gasteiger partial charge in [0.15, 0.2) is 0 Å². The molecule has 1 aromatic heterocycles. The van der Waals surface area contributed by atoms with Crippen molar-refractivity contribution in [3.05, 3.63) is 104 Å².